The summed E-state index contributed by atoms with van der Waals surface area (Å²) in [7, 11) is -2.34. The van der Waals surface area contributed by atoms with E-state index in [0.29, 0.717) is 42.3 Å². The number of carbonyl (C=O) groups excluding carboxylic acids is 1. The first-order valence-corrected chi connectivity index (χ1v) is 10.3. The lowest BCUT2D eigenvalue weighted by Gasteiger charge is -2.36. The molecule has 0 N–H and O–H groups in total. The summed E-state index contributed by atoms with van der Waals surface area (Å²) >= 11 is 6.24. The molecule has 27 heavy (non-hydrogen) atoms. The zero-order valence-electron chi connectivity index (χ0n) is 15.2. The van der Waals surface area contributed by atoms with Gasteiger partial charge in [0.15, 0.2) is 0 Å². The fraction of sp³-hybridized carbons (Fsp3) is 0.316. The zero-order chi connectivity index (χ0) is 19.6. The molecule has 0 amide bonds. The summed E-state index contributed by atoms with van der Waals surface area (Å²) in [6.45, 7) is 3.53. The van der Waals surface area contributed by atoms with Gasteiger partial charge in [-0.05, 0) is 42.8 Å². The lowest BCUT2D eigenvalue weighted by atomic mass is 10.1. The maximum atomic E-state index is 13.0. The molecule has 144 valence electrons. The van der Waals surface area contributed by atoms with E-state index in [1.807, 2.05) is 24.3 Å². The highest BCUT2D eigenvalue weighted by Gasteiger charge is 2.30. The van der Waals surface area contributed by atoms with E-state index < -0.39 is 16.0 Å². The molecule has 0 aromatic heterocycles. The van der Waals surface area contributed by atoms with Gasteiger partial charge >= 0.3 is 5.97 Å². The first-order chi connectivity index (χ1) is 12.8. The lowest BCUT2D eigenvalue weighted by Crippen LogP contribution is -2.48. The van der Waals surface area contributed by atoms with Crippen LogP contribution in [-0.2, 0) is 14.8 Å². The van der Waals surface area contributed by atoms with Gasteiger partial charge in [0.25, 0.3) is 0 Å². The Morgan fingerprint density at radius 1 is 1.07 bits per heavy atom. The number of halogens is 1. The average Bonchev–Trinajstić information content (AvgIpc) is 2.67. The number of esters is 1. The van der Waals surface area contributed by atoms with Crippen molar-refractivity contribution in [2.24, 2.45) is 0 Å². The van der Waals surface area contributed by atoms with E-state index in [4.69, 9.17) is 11.6 Å². The minimum absolute atomic E-state index is 0.210. The number of piperazine rings is 1. The summed E-state index contributed by atoms with van der Waals surface area (Å²) in [5, 5.41) is 0.656. The van der Waals surface area contributed by atoms with Crippen LogP contribution in [0.5, 0.6) is 0 Å². The molecule has 6 nitrogen and oxygen atoms in total. The number of ether oxygens (including phenoxy) is 1. The second-order valence-corrected chi connectivity index (χ2v) is 8.63. The van der Waals surface area contributed by atoms with E-state index in [-0.39, 0.29) is 4.90 Å². The number of aryl methyl sites for hydroxylation is 1. The van der Waals surface area contributed by atoms with Gasteiger partial charge in [0, 0.05) is 26.2 Å². The van der Waals surface area contributed by atoms with E-state index in [2.05, 4.69) is 9.64 Å². The van der Waals surface area contributed by atoms with Gasteiger partial charge in [-0.25, -0.2) is 13.2 Å². The van der Waals surface area contributed by atoms with Gasteiger partial charge in [0.1, 0.15) is 0 Å². The number of anilines is 1. The smallest absolute Gasteiger partial charge is 0.337 e. The van der Waals surface area contributed by atoms with Gasteiger partial charge in [-0.3, -0.25) is 0 Å². The van der Waals surface area contributed by atoms with Crippen molar-refractivity contribution in [3.8, 4) is 0 Å². The highest BCUT2D eigenvalue weighted by atomic mass is 35.5. The second-order valence-electron chi connectivity index (χ2n) is 6.31. The van der Waals surface area contributed by atoms with Gasteiger partial charge in [-0.2, -0.15) is 4.31 Å². The molecule has 2 aromatic carbocycles. The summed E-state index contributed by atoms with van der Waals surface area (Å²) in [6.07, 6.45) is 0. The average molecular weight is 409 g/mol. The normalized spacial score (nSPS) is 15.6. The van der Waals surface area contributed by atoms with Gasteiger partial charge in [0.05, 0.1) is 28.3 Å². The predicted octanol–water partition coefficient (Wildman–Crippen LogP) is 2.95. The van der Waals surface area contributed by atoms with Gasteiger partial charge in [-0.1, -0.05) is 23.7 Å². The third kappa shape index (κ3) is 3.95. The molecule has 8 heteroatoms. The molecule has 2 aromatic rings. The maximum Gasteiger partial charge on any atom is 0.337 e. The molecular weight excluding hydrogens is 388 g/mol. The molecular formula is C19H21ClN2O4S. The van der Waals surface area contributed by atoms with Crippen LogP contribution in [0.3, 0.4) is 0 Å². The van der Waals surface area contributed by atoms with Gasteiger partial charge in [0.2, 0.25) is 10.0 Å². The number of hydrogen-bond donors (Lipinski definition) is 0. The van der Waals surface area contributed by atoms with Crippen LogP contribution in [0.1, 0.15) is 15.9 Å². The second kappa shape index (κ2) is 7.88. The standard InChI is InChI=1S/C19H21ClN2O4S/c1-14-13-15(19(23)26-2)7-8-18(14)27(24,25)22-11-9-21(10-12-22)17-6-4-3-5-16(17)20/h3-8,13H,9-12H2,1-2H3. The largest absolute Gasteiger partial charge is 0.465 e. The minimum Gasteiger partial charge on any atom is -0.465 e. The Morgan fingerprint density at radius 3 is 2.33 bits per heavy atom. The molecule has 1 heterocycles. The van der Waals surface area contributed by atoms with Gasteiger partial charge in [-0.15, -0.1) is 0 Å². The number of methoxy groups -OCH3 is 1. The summed E-state index contributed by atoms with van der Waals surface area (Å²) in [5.74, 6) is -0.490. The van der Waals surface area contributed by atoms with Gasteiger partial charge < -0.3 is 9.64 Å². The Kier molecular flexibility index (Phi) is 5.74. The quantitative estimate of drug-likeness (QED) is 0.727. The molecule has 0 aliphatic carbocycles. The van der Waals surface area contributed by atoms with E-state index in [9.17, 15) is 13.2 Å². The fourth-order valence-electron chi connectivity index (χ4n) is 3.20. The molecule has 0 spiro atoms. The Morgan fingerprint density at radius 2 is 1.74 bits per heavy atom. The van der Waals surface area contributed by atoms with E-state index >= 15 is 0 Å². The zero-order valence-corrected chi connectivity index (χ0v) is 16.8. The summed E-state index contributed by atoms with van der Waals surface area (Å²) < 4.78 is 32.2. The van der Waals surface area contributed by atoms with Crippen molar-refractivity contribution < 1.29 is 17.9 Å². The van der Waals surface area contributed by atoms with Crippen molar-refractivity contribution >= 4 is 33.3 Å². The Labute approximate surface area is 164 Å². The summed E-state index contributed by atoms with van der Waals surface area (Å²) in [6, 6.07) is 12.0. The van der Waals surface area contributed by atoms with Crippen molar-refractivity contribution in [1.29, 1.82) is 0 Å². The van der Waals surface area contributed by atoms with Crippen LogP contribution < -0.4 is 4.90 Å². The molecule has 0 bridgehead atoms. The molecule has 0 atom stereocenters. The summed E-state index contributed by atoms with van der Waals surface area (Å²) in [4.78, 5) is 13.9. The van der Waals surface area contributed by atoms with Crippen LogP contribution >= 0.6 is 11.6 Å². The van der Waals surface area contributed by atoms with E-state index in [0.717, 1.165) is 5.69 Å². The fourth-order valence-corrected chi connectivity index (χ4v) is 5.08. The highest BCUT2D eigenvalue weighted by Crippen LogP contribution is 2.28. The first-order valence-electron chi connectivity index (χ1n) is 8.53. The molecule has 1 aliphatic heterocycles. The molecule has 1 saturated heterocycles. The molecule has 0 radical (unpaired) electrons. The number of carbonyl (C=O) groups is 1. The number of sulfonamides is 1. The monoisotopic (exact) mass is 408 g/mol. The van der Waals surface area contributed by atoms with Crippen molar-refractivity contribution in [2.45, 2.75) is 11.8 Å². The Hall–Kier alpha value is -2.09. The lowest BCUT2D eigenvalue weighted by molar-refractivity contribution is 0.0600. The maximum absolute atomic E-state index is 13.0. The molecule has 1 aliphatic rings. The van der Waals surface area contributed by atoms with Crippen molar-refractivity contribution in [3.05, 3.63) is 58.6 Å². The molecule has 0 unspecified atom stereocenters. The predicted molar refractivity (Wildman–Crippen MR) is 105 cm³/mol. The minimum atomic E-state index is -3.64. The Balaban J connectivity index is 1.77. The van der Waals surface area contributed by atoms with Crippen LogP contribution in [0.25, 0.3) is 0 Å². The topological polar surface area (TPSA) is 66.9 Å². The summed E-state index contributed by atoms with van der Waals surface area (Å²) in [5.41, 5.74) is 1.76. The number of benzene rings is 2. The van der Waals surface area contributed by atoms with Crippen molar-refractivity contribution in [2.75, 3.05) is 38.2 Å². The first kappa shape index (κ1) is 19.7. The number of rotatable bonds is 4. The Bertz CT molecular complexity index is 954. The molecule has 3 rings (SSSR count). The third-order valence-corrected chi connectivity index (χ3v) is 7.02. The van der Waals surface area contributed by atoms with Crippen molar-refractivity contribution in [1.82, 2.24) is 4.31 Å². The van der Waals surface area contributed by atoms with Crippen LogP contribution in [-0.4, -0.2) is 52.0 Å². The molecule has 1 fully saturated rings. The SMILES string of the molecule is COC(=O)c1ccc(S(=O)(=O)N2CCN(c3ccccc3Cl)CC2)c(C)c1. The number of nitrogens with zero attached hydrogens (tertiary/aromatic N) is 2. The van der Waals surface area contributed by atoms with Crippen LogP contribution in [0.4, 0.5) is 5.69 Å². The van der Waals surface area contributed by atoms with Crippen molar-refractivity contribution in [3.63, 3.8) is 0 Å². The van der Waals surface area contributed by atoms with E-state index in [1.54, 1.807) is 13.0 Å². The third-order valence-electron chi connectivity index (χ3n) is 4.65. The van der Waals surface area contributed by atoms with Crippen LogP contribution in [0, 0.1) is 6.92 Å². The number of hydrogen-bond acceptors (Lipinski definition) is 5. The molecule has 0 saturated carbocycles. The van der Waals surface area contributed by atoms with Crippen LogP contribution in [0.15, 0.2) is 47.4 Å². The van der Waals surface area contributed by atoms with Crippen LogP contribution in [0.2, 0.25) is 5.02 Å². The number of para-hydroxylation sites is 1. The highest BCUT2D eigenvalue weighted by molar-refractivity contribution is 7.89. The van der Waals surface area contributed by atoms with E-state index in [1.165, 1.54) is 23.5 Å².